The molecule has 0 radical (unpaired) electrons. The number of aromatic nitrogens is 2. The molecule has 2 atom stereocenters. The number of likely N-dealkylation sites (tertiary alicyclic amines) is 1. The van der Waals surface area contributed by atoms with Crippen LogP contribution in [0.15, 0.2) is 42.5 Å². The van der Waals surface area contributed by atoms with Gasteiger partial charge in [0.2, 0.25) is 0 Å². The van der Waals surface area contributed by atoms with Gasteiger partial charge in [-0.1, -0.05) is 25.1 Å². The van der Waals surface area contributed by atoms with Crippen molar-refractivity contribution in [3.05, 3.63) is 70.4 Å². The first kappa shape index (κ1) is 21.6. The molecule has 2 aromatic heterocycles. The van der Waals surface area contributed by atoms with Gasteiger partial charge in [-0.25, -0.2) is 9.37 Å². The summed E-state index contributed by atoms with van der Waals surface area (Å²) in [6.45, 7) is 6.90. The van der Waals surface area contributed by atoms with Gasteiger partial charge in [-0.3, -0.25) is 9.78 Å². The van der Waals surface area contributed by atoms with Gasteiger partial charge in [0, 0.05) is 24.0 Å². The normalized spacial score (nSPS) is 18.9. The second-order valence-corrected chi connectivity index (χ2v) is 9.62. The SMILES string of the molecule is Cc1cccc(CC[C@@H]2[C@H](C)CCCN2C(=O)c2nc(C)sc2-c2ccc(F)cc2)n1. The number of benzene rings is 1. The molecule has 1 aliphatic heterocycles. The molecular weight excluding hydrogens is 409 g/mol. The van der Waals surface area contributed by atoms with E-state index in [0.717, 1.165) is 59.1 Å². The van der Waals surface area contributed by atoms with Gasteiger partial charge in [-0.15, -0.1) is 11.3 Å². The molecule has 3 heterocycles. The van der Waals surface area contributed by atoms with Crippen LogP contribution < -0.4 is 0 Å². The number of amides is 1. The Balaban J connectivity index is 1.59. The summed E-state index contributed by atoms with van der Waals surface area (Å²) in [5.74, 6) is 0.126. The highest BCUT2D eigenvalue weighted by Crippen LogP contribution is 2.34. The van der Waals surface area contributed by atoms with Crippen LogP contribution in [-0.2, 0) is 6.42 Å². The van der Waals surface area contributed by atoms with Crippen molar-refractivity contribution in [1.82, 2.24) is 14.9 Å². The first-order valence-electron chi connectivity index (χ1n) is 10.9. The van der Waals surface area contributed by atoms with Crippen molar-refractivity contribution in [3.63, 3.8) is 0 Å². The van der Waals surface area contributed by atoms with Crippen molar-refractivity contribution in [3.8, 4) is 10.4 Å². The second kappa shape index (κ2) is 9.27. The number of hydrogen-bond donors (Lipinski definition) is 0. The molecule has 0 saturated carbocycles. The number of nitrogens with zero attached hydrogens (tertiary/aromatic N) is 3. The molecule has 0 N–H and O–H groups in total. The monoisotopic (exact) mass is 437 g/mol. The molecule has 4 rings (SSSR count). The predicted octanol–water partition coefficient (Wildman–Crippen LogP) is 5.83. The fraction of sp³-hybridized carbons (Fsp3) is 0.400. The second-order valence-electron chi connectivity index (χ2n) is 8.41. The lowest BCUT2D eigenvalue weighted by atomic mass is 9.87. The van der Waals surface area contributed by atoms with E-state index < -0.39 is 0 Å². The number of aryl methyl sites for hydroxylation is 3. The Morgan fingerprint density at radius 1 is 1.16 bits per heavy atom. The van der Waals surface area contributed by atoms with Gasteiger partial charge >= 0.3 is 0 Å². The van der Waals surface area contributed by atoms with E-state index in [9.17, 15) is 9.18 Å². The average molecular weight is 438 g/mol. The molecule has 3 aromatic rings. The molecule has 0 bridgehead atoms. The largest absolute Gasteiger partial charge is 0.334 e. The van der Waals surface area contributed by atoms with Gasteiger partial charge in [0.25, 0.3) is 5.91 Å². The molecule has 162 valence electrons. The zero-order valence-corrected chi connectivity index (χ0v) is 19.1. The Morgan fingerprint density at radius 2 is 1.94 bits per heavy atom. The molecule has 1 saturated heterocycles. The van der Waals surface area contributed by atoms with Gasteiger partial charge in [0.05, 0.1) is 9.88 Å². The number of piperidine rings is 1. The van der Waals surface area contributed by atoms with E-state index in [1.165, 1.54) is 23.5 Å². The zero-order valence-electron chi connectivity index (χ0n) is 18.3. The highest BCUT2D eigenvalue weighted by molar-refractivity contribution is 7.15. The maximum atomic E-state index is 13.7. The number of carbonyl (C=O) groups excluding carboxylic acids is 1. The van der Waals surface area contributed by atoms with Crippen molar-refractivity contribution >= 4 is 17.2 Å². The van der Waals surface area contributed by atoms with Crippen molar-refractivity contribution in [2.45, 2.75) is 52.5 Å². The third-order valence-corrected chi connectivity index (χ3v) is 7.08. The summed E-state index contributed by atoms with van der Waals surface area (Å²) in [7, 11) is 0. The summed E-state index contributed by atoms with van der Waals surface area (Å²) in [5, 5.41) is 0.841. The fourth-order valence-corrected chi connectivity index (χ4v) is 5.40. The zero-order chi connectivity index (χ0) is 22.0. The summed E-state index contributed by atoms with van der Waals surface area (Å²) >= 11 is 1.49. The number of carbonyl (C=O) groups is 1. The maximum absolute atomic E-state index is 13.7. The van der Waals surface area contributed by atoms with E-state index in [4.69, 9.17) is 0 Å². The third-order valence-electron chi connectivity index (χ3n) is 6.06. The topological polar surface area (TPSA) is 46.1 Å². The first-order valence-corrected chi connectivity index (χ1v) is 11.7. The maximum Gasteiger partial charge on any atom is 0.274 e. The smallest absolute Gasteiger partial charge is 0.274 e. The van der Waals surface area contributed by atoms with Crippen LogP contribution in [0.3, 0.4) is 0 Å². The highest BCUT2D eigenvalue weighted by Gasteiger charge is 2.34. The molecule has 1 amide bonds. The lowest BCUT2D eigenvalue weighted by Gasteiger charge is -2.40. The molecule has 0 aliphatic carbocycles. The van der Waals surface area contributed by atoms with Gasteiger partial charge in [0.1, 0.15) is 11.5 Å². The van der Waals surface area contributed by atoms with Gasteiger partial charge < -0.3 is 4.90 Å². The lowest BCUT2D eigenvalue weighted by molar-refractivity contribution is 0.0494. The minimum atomic E-state index is -0.285. The molecule has 6 heteroatoms. The standard InChI is InChI=1S/C25H28FN3OS/c1-16-6-5-15-29(22(16)14-13-21-8-4-7-17(2)27-21)25(30)23-24(31-18(3)28-23)19-9-11-20(26)12-10-19/h4,7-12,16,22H,5-6,13-15H2,1-3H3/t16-,22-/m1/s1. The predicted molar refractivity (Wildman–Crippen MR) is 123 cm³/mol. The molecule has 4 nitrogen and oxygen atoms in total. The number of halogens is 1. The molecule has 1 aromatic carbocycles. The minimum absolute atomic E-state index is 0.0163. The van der Waals surface area contributed by atoms with Crippen molar-refractivity contribution in [1.29, 1.82) is 0 Å². The molecule has 1 fully saturated rings. The Labute approximate surface area is 187 Å². The average Bonchev–Trinajstić information content (AvgIpc) is 3.14. The van der Waals surface area contributed by atoms with Crippen LogP contribution >= 0.6 is 11.3 Å². The molecule has 0 unspecified atom stereocenters. The van der Waals surface area contributed by atoms with Crippen LogP contribution in [0.5, 0.6) is 0 Å². The summed E-state index contributed by atoms with van der Waals surface area (Å²) in [4.78, 5) is 25.7. The summed E-state index contributed by atoms with van der Waals surface area (Å²) < 4.78 is 13.4. The van der Waals surface area contributed by atoms with Crippen LogP contribution in [0.25, 0.3) is 10.4 Å². The van der Waals surface area contributed by atoms with Crippen LogP contribution in [0.2, 0.25) is 0 Å². The summed E-state index contributed by atoms with van der Waals surface area (Å²) in [6.07, 6.45) is 3.86. The number of hydrogen-bond acceptors (Lipinski definition) is 4. The van der Waals surface area contributed by atoms with E-state index in [1.807, 2.05) is 30.9 Å². The summed E-state index contributed by atoms with van der Waals surface area (Å²) in [6, 6.07) is 12.6. The van der Waals surface area contributed by atoms with Gasteiger partial charge in [-0.2, -0.15) is 0 Å². The van der Waals surface area contributed by atoms with E-state index in [0.29, 0.717) is 11.6 Å². The van der Waals surface area contributed by atoms with Crippen LogP contribution in [0.4, 0.5) is 4.39 Å². The molecule has 31 heavy (non-hydrogen) atoms. The fourth-order valence-electron chi connectivity index (χ4n) is 4.48. The Bertz CT molecular complexity index is 1060. The number of thiazole rings is 1. The molecule has 0 spiro atoms. The van der Waals surface area contributed by atoms with Crippen LogP contribution in [-0.4, -0.2) is 33.4 Å². The van der Waals surface area contributed by atoms with Crippen molar-refractivity contribution in [2.75, 3.05) is 6.54 Å². The van der Waals surface area contributed by atoms with E-state index in [2.05, 4.69) is 23.0 Å². The van der Waals surface area contributed by atoms with E-state index >= 15 is 0 Å². The Kier molecular flexibility index (Phi) is 6.46. The van der Waals surface area contributed by atoms with E-state index in [-0.39, 0.29) is 17.8 Å². The Morgan fingerprint density at radius 3 is 2.68 bits per heavy atom. The first-order chi connectivity index (χ1) is 14.9. The molecular formula is C25H28FN3OS. The lowest BCUT2D eigenvalue weighted by Crippen LogP contribution is -2.48. The number of rotatable bonds is 5. The van der Waals surface area contributed by atoms with E-state index in [1.54, 1.807) is 12.1 Å². The van der Waals surface area contributed by atoms with Gasteiger partial charge in [0.15, 0.2) is 0 Å². The highest BCUT2D eigenvalue weighted by atomic mass is 32.1. The molecule has 1 aliphatic rings. The number of pyridine rings is 1. The van der Waals surface area contributed by atoms with Crippen molar-refractivity contribution < 1.29 is 9.18 Å². The van der Waals surface area contributed by atoms with Gasteiger partial charge in [-0.05, 0) is 75.3 Å². The minimum Gasteiger partial charge on any atom is -0.334 e. The third kappa shape index (κ3) is 4.85. The summed E-state index contributed by atoms with van der Waals surface area (Å²) in [5.41, 5.74) is 3.41. The van der Waals surface area contributed by atoms with Crippen LogP contribution in [0.1, 0.15) is 53.1 Å². The quantitative estimate of drug-likeness (QED) is 0.504. The van der Waals surface area contributed by atoms with Crippen molar-refractivity contribution in [2.24, 2.45) is 5.92 Å². The van der Waals surface area contributed by atoms with Crippen LogP contribution in [0, 0.1) is 25.6 Å². The Hall–Kier alpha value is -2.60.